The third-order valence-electron chi connectivity index (χ3n) is 0. The summed E-state index contributed by atoms with van der Waals surface area (Å²) >= 11 is 0. The van der Waals surface area contributed by atoms with Crippen molar-refractivity contribution in [3.8, 4) is 0 Å². The zero-order valence-corrected chi connectivity index (χ0v) is 4.63. The Kier molecular flexibility index (Phi) is 147. The van der Waals surface area contributed by atoms with E-state index in [1.807, 2.05) is 0 Å². The Morgan fingerprint density at radius 3 is 1.00 bits per heavy atom. The Morgan fingerprint density at radius 1 is 1.00 bits per heavy atom. The zero-order chi connectivity index (χ0) is 0. The molecule has 0 amide bonds. The van der Waals surface area contributed by atoms with Crippen LogP contribution in [0.1, 0.15) is 0 Å². The minimum Gasteiger partial charge on any atom is 0 e. The molecule has 5 heavy (non-hydrogen) atoms. The molecule has 27 valence electrons. The molecular formula is H4CaLiNaNbYb. The van der Waals surface area contributed by atoms with Crippen molar-refractivity contribution in [1.82, 2.24) is 0 Å². The smallest absolute Gasteiger partial charge is 0 e. The molecule has 0 nitrogen and oxygen atoms in total. The molecule has 0 aliphatic heterocycles. The summed E-state index contributed by atoms with van der Waals surface area (Å²) in [4.78, 5) is 0. The van der Waals surface area contributed by atoms with E-state index in [2.05, 4.69) is 0 Å². The van der Waals surface area contributed by atoms with Crippen molar-refractivity contribution in [2.45, 2.75) is 0 Å². The van der Waals surface area contributed by atoms with Gasteiger partial charge in [0.1, 0.15) is 0 Å². The van der Waals surface area contributed by atoms with Crippen LogP contribution >= 0.6 is 0 Å². The SMILES string of the molecule is [CaH2].[LiH].[NaH].[Nb].[Yb]. The third kappa shape index (κ3) is 17.6. The summed E-state index contributed by atoms with van der Waals surface area (Å²) in [6.45, 7) is 0. The van der Waals surface area contributed by atoms with Gasteiger partial charge in [0.25, 0.3) is 0 Å². The van der Waals surface area contributed by atoms with Crippen LogP contribution in [0, 0.1) is 46.9 Å². The molecule has 0 unspecified atom stereocenters. The van der Waals surface area contributed by atoms with Crippen LogP contribution in [-0.2, 0) is 22.4 Å². The molecule has 0 fully saturated rings. The fraction of sp³-hybridized carbons (Fsp3) is 0. The van der Waals surface area contributed by atoms with Gasteiger partial charge >= 0.3 is 86.2 Å². The number of rotatable bonds is 0. The Morgan fingerprint density at radius 2 is 1.00 bits per heavy atom. The van der Waals surface area contributed by atoms with Gasteiger partial charge in [-0.15, -0.1) is 0 Å². The first-order valence-electron chi connectivity index (χ1n) is 0. The summed E-state index contributed by atoms with van der Waals surface area (Å²) in [7, 11) is 0. The molecule has 0 saturated heterocycles. The van der Waals surface area contributed by atoms with E-state index in [0.29, 0.717) is 0 Å². The quantitative estimate of drug-likeness (QED) is 0.439. The van der Waals surface area contributed by atoms with Crippen molar-refractivity contribution in [2.24, 2.45) is 0 Å². The standard InChI is InChI=1S/Ca.Li.Na.Nb.Yb.4H. The van der Waals surface area contributed by atoms with Crippen molar-refractivity contribution >= 4 is 86.2 Å². The second-order valence-electron chi connectivity index (χ2n) is 0. The molecule has 0 aromatic rings. The Balaban J connectivity index is 0. The topological polar surface area (TPSA) is 0 Å². The molecule has 0 rings (SSSR count). The van der Waals surface area contributed by atoms with E-state index in [1.165, 1.54) is 0 Å². The molecule has 0 aliphatic rings. The summed E-state index contributed by atoms with van der Waals surface area (Å²) in [6.07, 6.45) is 0. The molecule has 5 heteroatoms. The third-order valence-corrected chi connectivity index (χ3v) is 0. The average molecular weight is 340 g/mol. The summed E-state index contributed by atoms with van der Waals surface area (Å²) in [5.74, 6) is 0. The van der Waals surface area contributed by atoms with E-state index >= 15 is 0 Å². The van der Waals surface area contributed by atoms with Gasteiger partial charge in [-0.1, -0.05) is 0 Å². The Hall–Kier alpha value is 5.12. The molecule has 0 spiro atoms. The van der Waals surface area contributed by atoms with Crippen molar-refractivity contribution in [2.75, 3.05) is 0 Å². The molecule has 0 atom stereocenters. The first-order chi connectivity index (χ1) is 0. The normalized spacial score (nSPS) is 0. The van der Waals surface area contributed by atoms with Crippen LogP contribution in [0.4, 0.5) is 0 Å². The van der Waals surface area contributed by atoms with E-state index in [9.17, 15) is 0 Å². The van der Waals surface area contributed by atoms with Crippen LogP contribution in [0.5, 0.6) is 0 Å². The molecule has 0 bridgehead atoms. The van der Waals surface area contributed by atoms with Crippen molar-refractivity contribution in [3.05, 3.63) is 0 Å². The maximum atomic E-state index is 0. The minimum absolute atomic E-state index is 0. The van der Waals surface area contributed by atoms with Crippen LogP contribution in [0.2, 0.25) is 0 Å². The van der Waals surface area contributed by atoms with Gasteiger partial charge in [0.05, 0.1) is 0 Å². The van der Waals surface area contributed by atoms with Gasteiger partial charge in [0, 0.05) is 69.3 Å². The van der Waals surface area contributed by atoms with E-state index in [4.69, 9.17) is 0 Å². The van der Waals surface area contributed by atoms with Gasteiger partial charge in [-0.3, -0.25) is 0 Å². The van der Waals surface area contributed by atoms with Crippen LogP contribution in [-0.4, -0.2) is 86.2 Å². The Labute approximate surface area is 151 Å². The van der Waals surface area contributed by atoms with Gasteiger partial charge in [-0.25, -0.2) is 0 Å². The fourth-order valence-corrected chi connectivity index (χ4v) is 0. The zero-order valence-electron chi connectivity index (χ0n) is 0.714. The van der Waals surface area contributed by atoms with Gasteiger partial charge < -0.3 is 0 Å². The number of hydrogen-bond acceptors (Lipinski definition) is 0. The van der Waals surface area contributed by atoms with Crippen LogP contribution in [0.3, 0.4) is 0 Å². The van der Waals surface area contributed by atoms with Crippen molar-refractivity contribution < 1.29 is 69.3 Å². The van der Waals surface area contributed by atoms with E-state index < -0.39 is 0 Å². The first kappa shape index (κ1) is 32.1. The molecule has 0 aromatic carbocycles. The largest absolute Gasteiger partial charge is 0 e. The molecule has 0 N–H and O–H groups in total. The monoisotopic (exact) mass is 341 g/mol. The summed E-state index contributed by atoms with van der Waals surface area (Å²) in [5.41, 5.74) is 0. The second kappa shape index (κ2) is 22.9. The summed E-state index contributed by atoms with van der Waals surface area (Å²) in [6, 6.07) is 0. The van der Waals surface area contributed by atoms with Crippen LogP contribution in [0.25, 0.3) is 0 Å². The van der Waals surface area contributed by atoms with E-state index in [-0.39, 0.29) is 155 Å². The molecule has 1 radical (unpaired) electrons. The first-order valence-corrected chi connectivity index (χ1v) is 0. The van der Waals surface area contributed by atoms with Crippen LogP contribution in [0.15, 0.2) is 0 Å². The van der Waals surface area contributed by atoms with E-state index in [0.717, 1.165) is 0 Å². The average Bonchev–Trinajstić information content (AvgIpc) is 0. The van der Waals surface area contributed by atoms with Gasteiger partial charge in [0.2, 0.25) is 0 Å². The maximum Gasteiger partial charge on any atom is 0 e. The van der Waals surface area contributed by atoms with E-state index in [1.54, 1.807) is 0 Å². The van der Waals surface area contributed by atoms with Gasteiger partial charge in [-0.2, -0.15) is 0 Å². The Bertz CT molecular complexity index is 11.6. The van der Waals surface area contributed by atoms with Crippen molar-refractivity contribution in [3.63, 3.8) is 0 Å². The van der Waals surface area contributed by atoms with Crippen molar-refractivity contribution in [1.29, 1.82) is 0 Å². The number of hydrogen-bond donors (Lipinski definition) is 0. The van der Waals surface area contributed by atoms with Gasteiger partial charge in [0.15, 0.2) is 0 Å². The van der Waals surface area contributed by atoms with Gasteiger partial charge in [-0.05, 0) is 0 Å². The van der Waals surface area contributed by atoms with Crippen LogP contribution < -0.4 is 0 Å². The molecule has 0 aromatic heterocycles. The molecule has 0 saturated carbocycles. The summed E-state index contributed by atoms with van der Waals surface area (Å²) in [5, 5.41) is 0. The molecule has 0 aliphatic carbocycles. The molecule has 0 heterocycles. The second-order valence-corrected chi connectivity index (χ2v) is 0. The predicted octanol–water partition coefficient (Wildman–Crippen LogP) is -2.22. The summed E-state index contributed by atoms with van der Waals surface area (Å²) < 4.78 is 0. The molecular weight excluding hydrogens is 336 g/mol. The minimum atomic E-state index is 0. The maximum absolute atomic E-state index is 0. The fourth-order valence-electron chi connectivity index (χ4n) is 0. The predicted molar refractivity (Wildman–Crippen MR) is 22.8 cm³/mol.